The Hall–Kier alpha value is -1.96. The number of hydrogen-bond acceptors (Lipinski definition) is 5. The van der Waals surface area contributed by atoms with E-state index < -0.39 is 6.10 Å². The number of amides is 2. The molecule has 1 N–H and O–H groups in total. The normalized spacial score (nSPS) is 22.0. The lowest BCUT2D eigenvalue weighted by Crippen LogP contribution is -2.44. The maximum absolute atomic E-state index is 12.3. The number of carbonyl (C=O) groups is 2. The SMILES string of the molecule is COC1CCCCN(CC(=O)NCc2nncn2C2CC2)C1=O. The van der Waals surface area contributed by atoms with Crippen LogP contribution in [0, 0.1) is 0 Å². The molecule has 2 fully saturated rings. The number of rotatable bonds is 6. The number of ether oxygens (including phenoxy) is 1. The zero-order chi connectivity index (χ0) is 16.2. The Morgan fingerprint density at radius 2 is 2.22 bits per heavy atom. The van der Waals surface area contributed by atoms with Crippen molar-refractivity contribution in [3.63, 3.8) is 0 Å². The molecule has 23 heavy (non-hydrogen) atoms. The Morgan fingerprint density at radius 3 is 2.96 bits per heavy atom. The zero-order valence-corrected chi connectivity index (χ0v) is 13.4. The van der Waals surface area contributed by atoms with Crippen LogP contribution >= 0.6 is 0 Å². The molecule has 1 unspecified atom stereocenters. The Labute approximate surface area is 135 Å². The van der Waals surface area contributed by atoms with Gasteiger partial charge < -0.3 is 19.5 Å². The van der Waals surface area contributed by atoms with Crippen LogP contribution in [0.2, 0.25) is 0 Å². The molecule has 3 rings (SSSR count). The van der Waals surface area contributed by atoms with E-state index in [1.165, 1.54) is 7.11 Å². The molecule has 0 bridgehead atoms. The number of nitrogens with zero attached hydrogens (tertiary/aromatic N) is 4. The van der Waals surface area contributed by atoms with Crippen molar-refractivity contribution in [3.8, 4) is 0 Å². The van der Waals surface area contributed by atoms with E-state index in [-0.39, 0.29) is 18.4 Å². The minimum Gasteiger partial charge on any atom is -0.372 e. The third kappa shape index (κ3) is 3.87. The summed E-state index contributed by atoms with van der Waals surface area (Å²) in [5, 5.41) is 10.8. The van der Waals surface area contributed by atoms with Gasteiger partial charge in [-0.25, -0.2) is 0 Å². The van der Waals surface area contributed by atoms with Gasteiger partial charge in [0.2, 0.25) is 5.91 Å². The van der Waals surface area contributed by atoms with Crippen LogP contribution in [-0.2, 0) is 20.9 Å². The number of aromatic nitrogens is 3. The van der Waals surface area contributed by atoms with Gasteiger partial charge in [-0.15, -0.1) is 10.2 Å². The average Bonchev–Trinajstić information content (AvgIpc) is 3.31. The Morgan fingerprint density at radius 1 is 1.39 bits per heavy atom. The van der Waals surface area contributed by atoms with Crippen molar-refractivity contribution < 1.29 is 14.3 Å². The van der Waals surface area contributed by atoms with Crippen molar-refractivity contribution in [2.75, 3.05) is 20.2 Å². The van der Waals surface area contributed by atoms with E-state index in [0.717, 1.165) is 37.9 Å². The Kier molecular flexibility index (Phi) is 4.90. The molecule has 1 aromatic rings. The third-order valence-corrected chi connectivity index (χ3v) is 4.38. The lowest BCUT2D eigenvalue weighted by molar-refractivity contribution is -0.144. The first-order chi connectivity index (χ1) is 11.2. The molecule has 1 aromatic heterocycles. The molecule has 1 aliphatic carbocycles. The quantitative estimate of drug-likeness (QED) is 0.811. The van der Waals surface area contributed by atoms with Crippen molar-refractivity contribution in [2.45, 2.75) is 50.8 Å². The van der Waals surface area contributed by atoms with E-state index in [1.54, 1.807) is 11.2 Å². The molecule has 8 heteroatoms. The van der Waals surface area contributed by atoms with Crippen LogP contribution in [0.15, 0.2) is 6.33 Å². The summed E-state index contributed by atoms with van der Waals surface area (Å²) in [4.78, 5) is 26.0. The highest BCUT2D eigenvalue weighted by atomic mass is 16.5. The predicted octanol–water partition coefficient (Wildman–Crippen LogP) is 0.257. The van der Waals surface area contributed by atoms with Crippen molar-refractivity contribution in [1.29, 1.82) is 0 Å². The van der Waals surface area contributed by atoms with Crippen LogP contribution in [0.4, 0.5) is 0 Å². The van der Waals surface area contributed by atoms with E-state index in [4.69, 9.17) is 4.74 Å². The summed E-state index contributed by atoms with van der Waals surface area (Å²) in [6, 6.07) is 0.478. The predicted molar refractivity (Wildman–Crippen MR) is 81.4 cm³/mol. The third-order valence-electron chi connectivity index (χ3n) is 4.38. The fraction of sp³-hybridized carbons (Fsp3) is 0.733. The highest BCUT2D eigenvalue weighted by Gasteiger charge is 2.28. The monoisotopic (exact) mass is 321 g/mol. The van der Waals surface area contributed by atoms with E-state index in [0.29, 0.717) is 19.1 Å². The molecule has 8 nitrogen and oxygen atoms in total. The summed E-state index contributed by atoms with van der Waals surface area (Å²) in [5.74, 6) is 0.486. The number of nitrogens with one attached hydrogen (secondary N) is 1. The van der Waals surface area contributed by atoms with Gasteiger partial charge >= 0.3 is 0 Å². The molecule has 1 aliphatic heterocycles. The minimum absolute atomic E-state index is 0.0657. The van der Waals surface area contributed by atoms with Gasteiger partial charge in [0.05, 0.1) is 13.1 Å². The molecule has 1 saturated carbocycles. The smallest absolute Gasteiger partial charge is 0.252 e. The highest BCUT2D eigenvalue weighted by molar-refractivity contribution is 5.87. The summed E-state index contributed by atoms with van der Waals surface area (Å²) in [6.07, 6.45) is 6.11. The van der Waals surface area contributed by atoms with Gasteiger partial charge in [0.15, 0.2) is 5.82 Å². The number of likely N-dealkylation sites (tertiary alicyclic amines) is 1. The van der Waals surface area contributed by atoms with Crippen LogP contribution in [0.1, 0.15) is 44.0 Å². The van der Waals surface area contributed by atoms with Crippen molar-refractivity contribution in [2.24, 2.45) is 0 Å². The van der Waals surface area contributed by atoms with Gasteiger partial charge in [-0.3, -0.25) is 9.59 Å². The van der Waals surface area contributed by atoms with Crippen molar-refractivity contribution in [1.82, 2.24) is 25.0 Å². The summed E-state index contributed by atoms with van der Waals surface area (Å²) in [6.45, 7) is 1.01. The first-order valence-electron chi connectivity index (χ1n) is 8.15. The molecule has 1 saturated heterocycles. The van der Waals surface area contributed by atoms with Gasteiger partial charge in [-0.1, -0.05) is 0 Å². The zero-order valence-electron chi connectivity index (χ0n) is 13.4. The molecule has 2 aliphatic rings. The average molecular weight is 321 g/mol. The molecule has 126 valence electrons. The summed E-state index contributed by atoms with van der Waals surface area (Å²) < 4.78 is 7.23. The molecular formula is C15H23N5O3. The minimum atomic E-state index is -0.428. The van der Waals surface area contributed by atoms with E-state index >= 15 is 0 Å². The van der Waals surface area contributed by atoms with Gasteiger partial charge in [0, 0.05) is 19.7 Å². The fourth-order valence-corrected chi connectivity index (χ4v) is 2.90. The van der Waals surface area contributed by atoms with Crippen LogP contribution < -0.4 is 5.32 Å². The molecule has 0 radical (unpaired) electrons. The lowest BCUT2D eigenvalue weighted by atomic mass is 10.2. The molecule has 2 heterocycles. The van der Waals surface area contributed by atoms with E-state index in [9.17, 15) is 9.59 Å². The molecular weight excluding hydrogens is 298 g/mol. The van der Waals surface area contributed by atoms with Crippen molar-refractivity contribution in [3.05, 3.63) is 12.2 Å². The van der Waals surface area contributed by atoms with Crippen LogP contribution in [0.25, 0.3) is 0 Å². The number of methoxy groups -OCH3 is 1. The highest BCUT2D eigenvalue weighted by Crippen LogP contribution is 2.35. The van der Waals surface area contributed by atoms with E-state index in [2.05, 4.69) is 15.5 Å². The summed E-state index contributed by atoms with van der Waals surface area (Å²) in [5.41, 5.74) is 0. The van der Waals surface area contributed by atoms with Gasteiger partial charge in [0.1, 0.15) is 12.4 Å². The first kappa shape index (κ1) is 15.9. The van der Waals surface area contributed by atoms with Crippen LogP contribution in [0.5, 0.6) is 0 Å². The standard InChI is InChI=1S/C15H23N5O3/c1-23-12-4-2-3-7-19(15(12)22)9-14(21)16-8-13-18-17-10-20(13)11-5-6-11/h10-12H,2-9H2,1H3,(H,16,21). The van der Waals surface area contributed by atoms with Crippen LogP contribution in [-0.4, -0.2) is 57.8 Å². The molecule has 0 aromatic carbocycles. The first-order valence-corrected chi connectivity index (χ1v) is 8.15. The molecule has 2 amide bonds. The second-order valence-electron chi connectivity index (χ2n) is 6.14. The number of carbonyl (C=O) groups excluding carboxylic acids is 2. The van der Waals surface area contributed by atoms with E-state index in [1.807, 2.05) is 4.57 Å². The Balaban J connectivity index is 1.52. The Bertz CT molecular complexity index is 569. The maximum Gasteiger partial charge on any atom is 0.252 e. The number of hydrogen-bond donors (Lipinski definition) is 1. The van der Waals surface area contributed by atoms with Gasteiger partial charge in [-0.05, 0) is 32.1 Å². The van der Waals surface area contributed by atoms with Gasteiger partial charge in [-0.2, -0.15) is 0 Å². The molecule has 0 spiro atoms. The van der Waals surface area contributed by atoms with Crippen molar-refractivity contribution >= 4 is 11.8 Å². The second kappa shape index (κ2) is 7.08. The topological polar surface area (TPSA) is 89.3 Å². The lowest BCUT2D eigenvalue weighted by Gasteiger charge is -2.23. The fourth-order valence-electron chi connectivity index (χ4n) is 2.90. The largest absolute Gasteiger partial charge is 0.372 e. The summed E-state index contributed by atoms with van der Waals surface area (Å²) >= 11 is 0. The van der Waals surface area contributed by atoms with Gasteiger partial charge in [0.25, 0.3) is 5.91 Å². The summed E-state index contributed by atoms with van der Waals surface area (Å²) in [7, 11) is 1.54. The maximum atomic E-state index is 12.3. The van der Waals surface area contributed by atoms with Crippen LogP contribution in [0.3, 0.4) is 0 Å². The second-order valence-corrected chi connectivity index (χ2v) is 6.14. The molecule has 1 atom stereocenters.